The van der Waals surface area contributed by atoms with Gasteiger partial charge in [-0.1, -0.05) is 179 Å². The van der Waals surface area contributed by atoms with Gasteiger partial charge in [0.1, 0.15) is 0 Å². The predicted octanol–water partition coefficient (Wildman–Crippen LogP) is 12.6. The normalized spacial score (nSPS) is 27.4. The van der Waals surface area contributed by atoms with E-state index in [0.29, 0.717) is 0 Å². The van der Waals surface area contributed by atoms with Crippen LogP contribution in [0.4, 0.5) is 0 Å². The summed E-state index contributed by atoms with van der Waals surface area (Å²) in [5.74, 6) is 0. The van der Waals surface area contributed by atoms with Gasteiger partial charge in [-0.05, 0) is 24.2 Å². The van der Waals surface area contributed by atoms with Crippen molar-refractivity contribution in [2.45, 2.75) is 180 Å². The van der Waals surface area contributed by atoms with Gasteiger partial charge in [0.15, 0.2) is 0 Å². The largest absolute Gasteiger partial charge is 0.409 e. The Labute approximate surface area is 279 Å². The third-order valence-corrected chi connectivity index (χ3v) is 26.9. The predicted molar refractivity (Wildman–Crippen MR) is 202 cm³/mol. The molecule has 0 saturated carbocycles. The maximum absolute atomic E-state index is 7.47. The van der Waals surface area contributed by atoms with Crippen LogP contribution >= 0.6 is 0 Å². The molecule has 0 bridgehead atoms. The monoisotopic (exact) mass is 680 g/mol. The van der Waals surface area contributed by atoms with Crippen molar-refractivity contribution in [3.05, 3.63) is 49.1 Å². The van der Waals surface area contributed by atoms with E-state index in [1.165, 1.54) is 103 Å². The standard InChI is InChI=1S/C36H72O4Si4/c1-9-17-21-25-29-33-41(13-5)37-42(14-6,34-30-26-22-18-10-2)39-44(16-8,36-32-28-24-20-12-4)40-43(15-7,38-41)35-31-27-23-19-11-3/h13-16H,5-12,17-36H2,1-4H3. The van der Waals surface area contributed by atoms with E-state index in [9.17, 15) is 0 Å². The summed E-state index contributed by atoms with van der Waals surface area (Å²) in [5.41, 5.74) is 8.21. The van der Waals surface area contributed by atoms with Gasteiger partial charge in [0.2, 0.25) is 0 Å². The van der Waals surface area contributed by atoms with Crippen molar-refractivity contribution in [1.82, 2.24) is 0 Å². The van der Waals surface area contributed by atoms with E-state index < -0.39 is 34.2 Å². The summed E-state index contributed by atoms with van der Waals surface area (Å²) in [7, 11) is -11.6. The smallest absolute Gasteiger partial charge is 0.347 e. The molecule has 0 spiro atoms. The van der Waals surface area contributed by atoms with Gasteiger partial charge in [0, 0.05) is 0 Å². The number of unbranched alkanes of at least 4 members (excludes halogenated alkanes) is 16. The van der Waals surface area contributed by atoms with Gasteiger partial charge >= 0.3 is 34.2 Å². The van der Waals surface area contributed by atoms with Crippen LogP contribution < -0.4 is 0 Å². The minimum Gasteiger partial charge on any atom is -0.409 e. The van der Waals surface area contributed by atoms with Crippen LogP contribution in [0.3, 0.4) is 0 Å². The molecule has 44 heavy (non-hydrogen) atoms. The number of hydrogen-bond acceptors (Lipinski definition) is 4. The van der Waals surface area contributed by atoms with Gasteiger partial charge in [-0.2, -0.15) is 0 Å². The van der Waals surface area contributed by atoms with Gasteiger partial charge in [0.25, 0.3) is 0 Å². The summed E-state index contributed by atoms with van der Waals surface area (Å²) in [6.07, 6.45) is 24.1. The summed E-state index contributed by atoms with van der Waals surface area (Å²) in [6, 6.07) is 3.57. The zero-order valence-electron chi connectivity index (χ0n) is 29.7. The van der Waals surface area contributed by atoms with Crippen molar-refractivity contribution in [1.29, 1.82) is 0 Å². The topological polar surface area (TPSA) is 36.9 Å². The molecule has 1 fully saturated rings. The molecule has 0 N–H and O–H groups in total. The molecule has 0 aromatic heterocycles. The molecule has 256 valence electrons. The Hall–Kier alpha value is -0.332. The number of hydrogen-bond donors (Lipinski definition) is 0. The molecular formula is C36H72O4Si4. The molecule has 1 saturated heterocycles. The second-order valence-electron chi connectivity index (χ2n) is 13.1. The second kappa shape index (κ2) is 23.9. The van der Waals surface area contributed by atoms with Crippen LogP contribution in [0.25, 0.3) is 0 Å². The minimum atomic E-state index is -2.90. The minimum absolute atomic E-state index is 0.892. The van der Waals surface area contributed by atoms with Gasteiger partial charge < -0.3 is 16.5 Å². The van der Waals surface area contributed by atoms with Crippen molar-refractivity contribution in [3.63, 3.8) is 0 Å². The summed E-state index contributed by atoms with van der Waals surface area (Å²) < 4.78 is 29.9. The highest BCUT2D eigenvalue weighted by molar-refractivity contribution is 6.99. The van der Waals surface area contributed by atoms with Crippen LogP contribution in [0.15, 0.2) is 49.1 Å². The Balaban J connectivity index is 3.54. The maximum Gasteiger partial charge on any atom is 0.347 e. The van der Waals surface area contributed by atoms with E-state index in [0.717, 1.165) is 49.9 Å². The van der Waals surface area contributed by atoms with Crippen molar-refractivity contribution < 1.29 is 16.5 Å². The first-order valence-corrected chi connectivity index (χ1v) is 27.1. The van der Waals surface area contributed by atoms with Crippen molar-refractivity contribution in [2.24, 2.45) is 0 Å². The molecule has 0 amide bonds. The molecule has 1 rings (SSSR count). The van der Waals surface area contributed by atoms with Crippen LogP contribution in [-0.4, -0.2) is 34.2 Å². The van der Waals surface area contributed by atoms with E-state index >= 15 is 0 Å². The third kappa shape index (κ3) is 15.0. The Kier molecular flexibility index (Phi) is 22.7. The fourth-order valence-electron chi connectivity index (χ4n) is 6.30. The molecule has 0 atom stereocenters. The number of rotatable bonds is 28. The van der Waals surface area contributed by atoms with E-state index in [1.54, 1.807) is 0 Å². The lowest BCUT2D eigenvalue weighted by Crippen LogP contribution is -2.68. The Morgan fingerprint density at radius 1 is 0.318 bits per heavy atom. The Bertz CT molecular complexity index is 654. The van der Waals surface area contributed by atoms with E-state index in [1.807, 2.05) is 0 Å². The zero-order chi connectivity index (χ0) is 32.6. The molecule has 1 aliphatic rings. The fourth-order valence-corrected chi connectivity index (χ4v) is 27.5. The van der Waals surface area contributed by atoms with E-state index in [-0.39, 0.29) is 0 Å². The van der Waals surface area contributed by atoms with Crippen LogP contribution in [0.2, 0.25) is 24.2 Å². The molecule has 0 unspecified atom stereocenters. The van der Waals surface area contributed by atoms with Crippen LogP contribution in [0.5, 0.6) is 0 Å². The maximum atomic E-state index is 7.47. The first kappa shape index (κ1) is 41.7. The average Bonchev–Trinajstić information content (AvgIpc) is 3.03. The fraction of sp³-hybridized carbons (Fsp3) is 0.778. The summed E-state index contributed by atoms with van der Waals surface area (Å²) in [4.78, 5) is 0. The summed E-state index contributed by atoms with van der Waals surface area (Å²) >= 11 is 0. The van der Waals surface area contributed by atoms with Crippen molar-refractivity contribution in [3.8, 4) is 0 Å². The van der Waals surface area contributed by atoms with Crippen molar-refractivity contribution in [2.75, 3.05) is 0 Å². The quantitative estimate of drug-likeness (QED) is 0.0609. The highest BCUT2D eigenvalue weighted by atomic mass is 28.5. The molecule has 0 aromatic carbocycles. The highest BCUT2D eigenvalue weighted by Crippen LogP contribution is 2.41. The van der Waals surface area contributed by atoms with Gasteiger partial charge in [0.05, 0.1) is 0 Å². The van der Waals surface area contributed by atoms with Crippen LogP contribution in [0, 0.1) is 0 Å². The molecule has 1 aliphatic heterocycles. The Morgan fingerprint density at radius 3 is 0.659 bits per heavy atom. The van der Waals surface area contributed by atoms with Gasteiger partial charge in [-0.3, -0.25) is 0 Å². The van der Waals surface area contributed by atoms with Crippen LogP contribution in [0.1, 0.15) is 156 Å². The lowest BCUT2D eigenvalue weighted by molar-refractivity contribution is 0.231. The molecule has 0 aliphatic carbocycles. The third-order valence-electron chi connectivity index (χ3n) is 9.14. The lowest BCUT2D eigenvalue weighted by Gasteiger charge is -2.51. The zero-order valence-corrected chi connectivity index (χ0v) is 33.7. The second-order valence-corrected chi connectivity index (χ2v) is 26.5. The summed E-state index contributed by atoms with van der Waals surface area (Å²) in [5, 5.41) is 0. The molecular weight excluding hydrogens is 609 g/mol. The van der Waals surface area contributed by atoms with Crippen LogP contribution in [-0.2, 0) is 16.5 Å². The molecule has 4 nitrogen and oxygen atoms in total. The Morgan fingerprint density at radius 2 is 0.500 bits per heavy atom. The molecule has 0 aromatic rings. The molecule has 1 heterocycles. The molecule has 8 heteroatoms. The first-order valence-electron chi connectivity index (χ1n) is 18.7. The van der Waals surface area contributed by atoms with Crippen molar-refractivity contribution >= 4 is 34.2 Å². The van der Waals surface area contributed by atoms with Gasteiger partial charge in [-0.15, -0.1) is 26.3 Å². The average molecular weight is 681 g/mol. The van der Waals surface area contributed by atoms with Gasteiger partial charge in [-0.25, -0.2) is 0 Å². The SMILES string of the molecule is C=C[Si]1(CCCCCCC)O[Si](C=C)(CCCCCCC)O[Si](C=C)(CCCCCCC)O[Si](C=C)(CCCCCCC)O1. The first-order chi connectivity index (χ1) is 21.3. The van der Waals surface area contributed by atoms with E-state index in [2.05, 4.69) is 76.8 Å². The summed E-state index contributed by atoms with van der Waals surface area (Å²) in [6.45, 7) is 26.6. The molecule has 0 radical (unpaired) electrons. The lowest BCUT2D eigenvalue weighted by atomic mass is 10.2. The van der Waals surface area contributed by atoms with E-state index in [4.69, 9.17) is 16.5 Å². The highest BCUT2D eigenvalue weighted by Gasteiger charge is 2.59.